The number of nitrogens with two attached hydrogens (primary N) is 1. The first-order chi connectivity index (χ1) is 9.15. The lowest BCUT2D eigenvalue weighted by molar-refractivity contribution is -0.00528. The third-order valence-corrected chi connectivity index (χ3v) is 3.06. The second-order valence-corrected chi connectivity index (χ2v) is 5.11. The lowest BCUT2D eigenvalue weighted by Gasteiger charge is -2.22. The maximum Gasteiger partial charge on any atom is 0.0974 e. The quantitative estimate of drug-likeness (QED) is 0.706. The fraction of sp³-hybridized carbons (Fsp3) is 0.600. The summed E-state index contributed by atoms with van der Waals surface area (Å²) in [6.07, 6.45) is 2.09. The Balaban J connectivity index is 2.41. The van der Waals surface area contributed by atoms with E-state index in [0.29, 0.717) is 18.2 Å². The molecule has 2 atom stereocenters. The van der Waals surface area contributed by atoms with E-state index in [4.69, 9.17) is 26.8 Å². The number of ether oxygens (including phenoxy) is 2. The van der Waals surface area contributed by atoms with Crippen LogP contribution in [-0.4, -0.2) is 25.9 Å². The molecule has 0 aliphatic carbocycles. The summed E-state index contributed by atoms with van der Waals surface area (Å²) in [5.74, 6) is 0. The second kappa shape index (κ2) is 9.32. The van der Waals surface area contributed by atoms with E-state index in [2.05, 4.69) is 6.92 Å². The van der Waals surface area contributed by atoms with Crippen LogP contribution < -0.4 is 5.73 Å². The maximum atomic E-state index is 5.99. The summed E-state index contributed by atoms with van der Waals surface area (Å²) in [7, 11) is 0. The van der Waals surface area contributed by atoms with Crippen molar-refractivity contribution in [2.75, 3.05) is 19.8 Å². The van der Waals surface area contributed by atoms with Crippen molar-refractivity contribution in [3.05, 3.63) is 34.9 Å². The zero-order valence-electron chi connectivity index (χ0n) is 11.8. The zero-order chi connectivity index (χ0) is 14.1. The highest BCUT2D eigenvalue weighted by molar-refractivity contribution is 6.30. The van der Waals surface area contributed by atoms with Gasteiger partial charge in [-0.05, 0) is 31.0 Å². The van der Waals surface area contributed by atoms with E-state index in [1.165, 1.54) is 0 Å². The van der Waals surface area contributed by atoms with E-state index in [1.807, 2.05) is 31.2 Å². The molecule has 0 saturated heterocycles. The smallest absolute Gasteiger partial charge is 0.0974 e. The van der Waals surface area contributed by atoms with Crippen molar-refractivity contribution < 1.29 is 9.47 Å². The van der Waals surface area contributed by atoms with Gasteiger partial charge in [-0.1, -0.05) is 37.1 Å². The average molecular weight is 286 g/mol. The molecule has 2 unspecified atom stereocenters. The Morgan fingerprint density at radius 2 is 2.05 bits per heavy atom. The molecule has 3 nitrogen and oxygen atoms in total. The van der Waals surface area contributed by atoms with Crippen molar-refractivity contribution in [1.29, 1.82) is 0 Å². The first kappa shape index (κ1) is 16.4. The van der Waals surface area contributed by atoms with Crippen molar-refractivity contribution in [2.24, 2.45) is 5.73 Å². The standard InChI is InChI=1S/C15H24ClNO2/c1-3-4-8-18-9-10-19-15(12(2)17)13-6-5-7-14(16)11-13/h5-7,11-12,15H,3-4,8-10,17H2,1-2H3. The van der Waals surface area contributed by atoms with Crippen LogP contribution in [0.2, 0.25) is 5.02 Å². The molecule has 2 N–H and O–H groups in total. The van der Waals surface area contributed by atoms with Gasteiger partial charge in [0, 0.05) is 17.7 Å². The number of hydrogen-bond donors (Lipinski definition) is 1. The van der Waals surface area contributed by atoms with Gasteiger partial charge in [-0.2, -0.15) is 0 Å². The molecule has 1 aromatic rings. The molecule has 1 rings (SSSR count). The minimum absolute atomic E-state index is 0.0888. The number of unbranched alkanes of at least 4 members (excludes halogenated alkanes) is 1. The Morgan fingerprint density at radius 1 is 1.26 bits per heavy atom. The van der Waals surface area contributed by atoms with E-state index in [9.17, 15) is 0 Å². The summed E-state index contributed by atoms with van der Waals surface area (Å²) in [6, 6.07) is 7.55. The first-order valence-corrected chi connectivity index (χ1v) is 7.23. The molecule has 0 spiro atoms. The highest BCUT2D eigenvalue weighted by Gasteiger charge is 2.16. The van der Waals surface area contributed by atoms with E-state index < -0.39 is 0 Å². The van der Waals surface area contributed by atoms with Crippen molar-refractivity contribution >= 4 is 11.6 Å². The number of benzene rings is 1. The molecule has 1 aromatic carbocycles. The van der Waals surface area contributed by atoms with Crippen molar-refractivity contribution in [3.63, 3.8) is 0 Å². The van der Waals surface area contributed by atoms with Crippen LogP contribution in [0, 0.1) is 0 Å². The fourth-order valence-corrected chi connectivity index (χ4v) is 2.02. The van der Waals surface area contributed by atoms with E-state index in [-0.39, 0.29) is 12.1 Å². The molecule has 0 heterocycles. The molecule has 0 fully saturated rings. The molecular formula is C15H24ClNO2. The number of rotatable bonds is 9. The van der Waals surface area contributed by atoms with Gasteiger partial charge in [-0.3, -0.25) is 0 Å². The molecule has 0 aliphatic heterocycles. The summed E-state index contributed by atoms with van der Waals surface area (Å²) in [4.78, 5) is 0. The average Bonchev–Trinajstić information content (AvgIpc) is 2.37. The van der Waals surface area contributed by atoms with Gasteiger partial charge in [-0.15, -0.1) is 0 Å². The highest BCUT2D eigenvalue weighted by Crippen LogP contribution is 2.23. The lowest BCUT2D eigenvalue weighted by atomic mass is 10.0. The Hall–Kier alpha value is -0.610. The zero-order valence-corrected chi connectivity index (χ0v) is 12.5. The van der Waals surface area contributed by atoms with Crippen LogP contribution >= 0.6 is 11.6 Å². The molecule has 108 valence electrons. The Labute approximate surface area is 121 Å². The Kier molecular flexibility index (Phi) is 8.07. The summed E-state index contributed by atoms with van der Waals surface area (Å²) in [5, 5.41) is 0.700. The van der Waals surface area contributed by atoms with Crippen LogP contribution in [0.15, 0.2) is 24.3 Å². The third kappa shape index (κ3) is 6.39. The molecule has 0 radical (unpaired) electrons. The van der Waals surface area contributed by atoms with E-state index in [1.54, 1.807) is 0 Å². The Morgan fingerprint density at radius 3 is 2.68 bits per heavy atom. The molecule has 19 heavy (non-hydrogen) atoms. The van der Waals surface area contributed by atoms with Crippen LogP contribution in [0.5, 0.6) is 0 Å². The summed E-state index contributed by atoms with van der Waals surface area (Å²) in [6.45, 7) is 6.01. The maximum absolute atomic E-state index is 5.99. The Bertz CT molecular complexity index is 358. The van der Waals surface area contributed by atoms with Gasteiger partial charge >= 0.3 is 0 Å². The molecule has 0 amide bonds. The van der Waals surface area contributed by atoms with Gasteiger partial charge in [0.2, 0.25) is 0 Å². The minimum atomic E-state index is -0.145. The summed E-state index contributed by atoms with van der Waals surface area (Å²) >= 11 is 5.99. The van der Waals surface area contributed by atoms with Gasteiger partial charge in [0.05, 0.1) is 19.3 Å². The number of halogens is 1. The van der Waals surface area contributed by atoms with Crippen LogP contribution in [0.3, 0.4) is 0 Å². The van der Waals surface area contributed by atoms with Crippen LogP contribution in [0.1, 0.15) is 38.4 Å². The molecule has 0 bridgehead atoms. The van der Waals surface area contributed by atoms with E-state index >= 15 is 0 Å². The predicted octanol–water partition coefficient (Wildman–Crippen LogP) is 3.56. The van der Waals surface area contributed by atoms with Gasteiger partial charge in [-0.25, -0.2) is 0 Å². The van der Waals surface area contributed by atoms with Gasteiger partial charge < -0.3 is 15.2 Å². The molecule has 0 saturated carbocycles. The first-order valence-electron chi connectivity index (χ1n) is 6.85. The molecule has 4 heteroatoms. The third-order valence-electron chi connectivity index (χ3n) is 2.82. The minimum Gasteiger partial charge on any atom is -0.379 e. The largest absolute Gasteiger partial charge is 0.379 e. The normalized spacial score (nSPS) is 14.3. The van der Waals surface area contributed by atoms with Gasteiger partial charge in [0.25, 0.3) is 0 Å². The van der Waals surface area contributed by atoms with Crippen LogP contribution in [-0.2, 0) is 9.47 Å². The SMILES string of the molecule is CCCCOCCOC(c1cccc(Cl)c1)C(C)N. The summed E-state index contributed by atoms with van der Waals surface area (Å²) in [5.41, 5.74) is 6.98. The topological polar surface area (TPSA) is 44.5 Å². The molecule has 0 aliphatic rings. The lowest BCUT2D eigenvalue weighted by Crippen LogP contribution is -2.28. The molecule has 0 aromatic heterocycles. The van der Waals surface area contributed by atoms with Gasteiger partial charge in [0.1, 0.15) is 0 Å². The second-order valence-electron chi connectivity index (χ2n) is 4.67. The van der Waals surface area contributed by atoms with Crippen molar-refractivity contribution in [2.45, 2.75) is 38.8 Å². The fourth-order valence-electron chi connectivity index (χ4n) is 1.82. The van der Waals surface area contributed by atoms with Crippen molar-refractivity contribution in [1.82, 2.24) is 0 Å². The van der Waals surface area contributed by atoms with E-state index in [0.717, 1.165) is 25.0 Å². The monoisotopic (exact) mass is 285 g/mol. The van der Waals surface area contributed by atoms with Gasteiger partial charge in [0.15, 0.2) is 0 Å². The summed E-state index contributed by atoms with van der Waals surface area (Å²) < 4.78 is 11.3. The van der Waals surface area contributed by atoms with Crippen LogP contribution in [0.4, 0.5) is 0 Å². The molecular weight excluding hydrogens is 262 g/mol. The van der Waals surface area contributed by atoms with Crippen molar-refractivity contribution in [3.8, 4) is 0 Å². The highest BCUT2D eigenvalue weighted by atomic mass is 35.5. The number of hydrogen-bond acceptors (Lipinski definition) is 3. The predicted molar refractivity (Wildman–Crippen MR) is 79.5 cm³/mol. The van der Waals surface area contributed by atoms with Crippen LogP contribution in [0.25, 0.3) is 0 Å².